The first kappa shape index (κ1) is 16.7. The summed E-state index contributed by atoms with van der Waals surface area (Å²) < 4.78 is 59.0. The van der Waals surface area contributed by atoms with Gasteiger partial charge >= 0.3 is 6.09 Å². The van der Waals surface area contributed by atoms with Crippen LogP contribution in [0.3, 0.4) is 0 Å². The molecule has 3 fully saturated rings. The highest BCUT2D eigenvalue weighted by Crippen LogP contribution is 2.58. The Kier molecular flexibility index (Phi) is 3.56. The molecular weight excluding hydrogens is 342 g/mol. The normalized spacial score (nSPS) is 27.3. The van der Waals surface area contributed by atoms with Crippen LogP contribution in [0.25, 0.3) is 0 Å². The minimum atomic E-state index is -2.78. The molecule has 25 heavy (non-hydrogen) atoms. The van der Waals surface area contributed by atoms with Crippen molar-refractivity contribution in [1.29, 1.82) is 0 Å². The third kappa shape index (κ3) is 2.97. The second kappa shape index (κ2) is 5.35. The Morgan fingerprint density at radius 2 is 1.88 bits per heavy atom. The molecule has 1 amide bonds. The Morgan fingerprint density at radius 1 is 1.24 bits per heavy atom. The van der Waals surface area contributed by atoms with Gasteiger partial charge in [0.05, 0.1) is 11.6 Å². The fraction of sp³-hybridized carbons (Fsp3) is 0.750. The SMILES string of the molecule is Cn1nc([C@H]2CC2(F)F)c(C2CCC2)c1NC(=O)OC1CC(F)(F)C1. The van der Waals surface area contributed by atoms with Crippen LogP contribution in [0, 0.1) is 0 Å². The van der Waals surface area contributed by atoms with Gasteiger partial charge in [-0.2, -0.15) is 5.10 Å². The number of rotatable bonds is 4. The molecule has 1 heterocycles. The lowest BCUT2D eigenvalue weighted by Crippen LogP contribution is -2.43. The Bertz CT molecular complexity index is 706. The number of nitrogens with zero attached hydrogens (tertiary/aromatic N) is 2. The van der Waals surface area contributed by atoms with Crippen molar-refractivity contribution in [3.05, 3.63) is 11.3 Å². The van der Waals surface area contributed by atoms with Gasteiger partial charge in [0, 0.05) is 31.9 Å². The molecule has 0 radical (unpaired) electrons. The van der Waals surface area contributed by atoms with Gasteiger partial charge in [0.25, 0.3) is 11.8 Å². The highest BCUT2D eigenvalue weighted by Gasteiger charge is 2.60. The number of ether oxygens (including phenoxy) is 1. The van der Waals surface area contributed by atoms with Crippen LogP contribution in [0.4, 0.5) is 28.2 Å². The number of amides is 1. The number of aromatic nitrogens is 2. The molecule has 0 unspecified atom stereocenters. The predicted octanol–water partition coefficient (Wildman–Crippen LogP) is 4.16. The van der Waals surface area contributed by atoms with Crippen molar-refractivity contribution in [2.75, 3.05) is 5.32 Å². The summed E-state index contributed by atoms with van der Waals surface area (Å²) in [5.74, 6) is -6.02. The first-order valence-electron chi connectivity index (χ1n) is 8.46. The minimum Gasteiger partial charge on any atom is -0.445 e. The molecule has 9 heteroatoms. The van der Waals surface area contributed by atoms with Gasteiger partial charge in [-0.1, -0.05) is 6.42 Å². The second-order valence-corrected chi connectivity index (χ2v) is 7.33. The van der Waals surface area contributed by atoms with Crippen LogP contribution in [-0.4, -0.2) is 33.8 Å². The number of carbonyl (C=O) groups is 1. The molecule has 4 rings (SSSR count). The summed E-state index contributed by atoms with van der Waals surface area (Å²) in [5.41, 5.74) is 0.981. The molecule has 0 bridgehead atoms. The Balaban J connectivity index is 1.51. The third-order valence-corrected chi connectivity index (χ3v) is 5.33. The van der Waals surface area contributed by atoms with Crippen molar-refractivity contribution in [3.63, 3.8) is 0 Å². The van der Waals surface area contributed by atoms with Gasteiger partial charge in [-0.05, 0) is 18.8 Å². The summed E-state index contributed by atoms with van der Waals surface area (Å²) in [6.07, 6.45) is -0.153. The maximum absolute atomic E-state index is 13.5. The van der Waals surface area contributed by atoms with E-state index in [9.17, 15) is 22.4 Å². The van der Waals surface area contributed by atoms with Gasteiger partial charge in [-0.3, -0.25) is 10.00 Å². The molecule has 1 aromatic heterocycles. The molecule has 1 aromatic rings. The van der Waals surface area contributed by atoms with E-state index in [0.717, 1.165) is 19.3 Å². The van der Waals surface area contributed by atoms with E-state index in [-0.39, 0.29) is 12.3 Å². The summed E-state index contributed by atoms with van der Waals surface area (Å²) in [7, 11) is 1.57. The van der Waals surface area contributed by atoms with Crippen LogP contribution in [0.5, 0.6) is 0 Å². The molecule has 3 aliphatic rings. The van der Waals surface area contributed by atoms with Gasteiger partial charge in [0.15, 0.2) is 0 Å². The fourth-order valence-corrected chi connectivity index (χ4v) is 3.54. The van der Waals surface area contributed by atoms with Gasteiger partial charge in [-0.25, -0.2) is 22.4 Å². The first-order valence-corrected chi connectivity index (χ1v) is 8.46. The third-order valence-electron chi connectivity index (χ3n) is 5.33. The number of hydrogen-bond acceptors (Lipinski definition) is 3. The standard InChI is InChI=1S/C16H19F4N3O2/c1-23-13(21-14(24)25-9-5-15(17,18)6-9)11(8-3-2-4-8)12(22-23)10-7-16(10,19)20/h8-10H,2-7H2,1H3,(H,21,24)/t10-/m1/s1. The number of halogens is 4. The molecule has 0 saturated heterocycles. The lowest BCUT2D eigenvalue weighted by Gasteiger charge is -2.34. The zero-order valence-electron chi connectivity index (χ0n) is 13.7. The van der Waals surface area contributed by atoms with Crippen LogP contribution in [0.2, 0.25) is 0 Å². The monoisotopic (exact) mass is 361 g/mol. The van der Waals surface area contributed by atoms with Crippen molar-refractivity contribution in [1.82, 2.24) is 9.78 Å². The Morgan fingerprint density at radius 3 is 2.36 bits per heavy atom. The summed E-state index contributed by atoms with van der Waals surface area (Å²) in [4.78, 5) is 12.0. The van der Waals surface area contributed by atoms with E-state index in [1.165, 1.54) is 4.68 Å². The summed E-state index contributed by atoms with van der Waals surface area (Å²) in [5, 5.41) is 6.74. The van der Waals surface area contributed by atoms with Crippen molar-refractivity contribution < 1.29 is 27.1 Å². The largest absolute Gasteiger partial charge is 0.445 e. The summed E-state index contributed by atoms with van der Waals surface area (Å²) >= 11 is 0. The quantitative estimate of drug-likeness (QED) is 0.820. The van der Waals surface area contributed by atoms with Crippen LogP contribution < -0.4 is 5.32 Å². The average molecular weight is 361 g/mol. The lowest BCUT2D eigenvalue weighted by atomic mass is 9.79. The topological polar surface area (TPSA) is 56.2 Å². The molecule has 5 nitrogen and oxygen atoms in total. The van der Waals surface area contributed by atoms with Crippen LogP contribution >= 0.6 is 0 Å². The lowest BCUT2D eigenvalue weighted by molar-refractivity contribution is -0.142. The summed E-state index contributed by atoms with van der Waals surface area (Å²) in [6.45, 7) is 0. The van der Waals surface area contributed by atoms with Crippen LogP contribution in [-0.2, 0) is 11.8 Å². The van der Waals surface area contributed by atoms with E-state index >= 15 is 0 Å². The molecule has 1 atom stereocenters. The second-order valence-electron chi connectivity index (χ2n) is 7.33. The van der Waals surface area contributed by atoms with E-state index in [0.29, 0.717) is 17.1 Å². The van der Waals surface area contributed by atoms with E-state index in [4.69, 9.17) is 4.74 Å². The number of hydrogen-bond donors (Lipinski definition) is 1. The number of carbonyl (C=O) groups excluding carboxylic acids is 1. The zero-order valence-corrected chi connectivity index (χ0v) is 13.7. The van der Waals surface area contributed by atoms with Gasteiger partial charge in [0.1, 0.15) is 11.9 Å². The zero-order chi connectivity index (χ0) is 18.0. The molecule has 0 aromatic carbocycles. The molecular formula is C16H19F4N3O2. The molecule has 138 valence electrons. The first-order chi connectivity index (χ1) is 11.7. The van der Waals surface area contributed by atoms with E-state index in [1.54, 1.807) is 7.05 Å². The minimum absolute atomic E-state index is 0.0865. The van der Waals surface area contributed by atoms with Crippen molar-refractivity contribution in [2.24, 2.45) is 7.05 Å². The maximum Gasteiger partial charge on any atom is 0.413 e. The smallest absolute Gasteiger partial charge is 0.413 e. The molecule has 0 spiro atoms. The fourth-order valence-electron chi connectivity index (χ4n) is 3.54. The van der Waals surface area contributed by atoms with Crippen molar-refractivity contribution in [2.45, 2.75) is 68.3 Å². The highest BCUT2D eigenvalue weighted by atomic mass is 19.3. The maximum atomic E-state index is 13.5. The number of aryl methyl sites for hydroxylation is 1. The van der Waals surface area contributed by atoms with Crippen LogP contribution in [0.1, 0.15) is 61.6 Å². The Labute approximate surface area is 141 Å². The molecule has 0 aliphatic heterocycles. The van der Waals surface area contributed by atoms with E-state index < -0.39 is 42.8 Å². The van der Waals surface area contributed by atoms with E-state index in [2.05, 4.69) is 10.4 Å². The number of alkyl halides is 4. The molecule has 1 N–H and O–H groups in total. The molecule has 3 aliphatic carbocycles. The Hall–Kier alpha value is -1.80. The van der Waals surface area contributed by atoms with Gasteiger partial charge in [0.2, 0.25) is 0 Å². The van der Waals surface area contributed by atoms with Gasteiger partial charge < -0.3 is 4.74 Å². The number of nitrogens with one attached hydrogen (secondary N) is 1. The predicted molar refractivity (Wildman–Crippen MR) is 80.2 cm³/mol. The van der Waals surface area contributed by atoms with Crippen molar-refractivity contribution >= 4 is 11.9 Å². The summed E-state index contributed by atoms with van der Waals surface area (Å²) in [6, 6.07) is 0. The number of anilines is 1. The van der Waals surface area contributed by atoms with Crippen LogP contribution in [0.15, 0.2) is 0 Å². The average Bonchev–Trinajstić information content (AvgIpc) is 2.93. The van der Waals surface area contributed by atoms with Crippen molar-refractivity contribution in [3.8, 4) is 0 Å². The molecule has 3 saturated carbocycles. The van der Waals surface area contributed by atoms with Gasteiger partial charge in [-0.15, -0.1) is 0 Å². The highest BCUT2D eigenvalue weighted by molar-refractivity contribution is 5.85. The van der Waals surface area contributed by atoms with E-state index in [1.807, 2.05) is 0 Å².